The van der Waals surface area contributed by atoms with E-state index >= 15 is 0 Å². The molecule has 0 radical (unpaired) electrons. The lowest BCUT2D eigenvalue weighted by molar-refractivity contribution is 0.112. The highest BCUT2D eigenvalue weighted by molar-refractivity contribution is 7.08. The largest absolute Gasteiger partial charge is 0.298 e. The molecular formula is C13H8OS. The number of carbonyl (C=O) groups excluding carboxylic acids is 1. The maximum atomic E-state index is 10.4. The van der Waals surface area contributed by atoms with Gasteiger partial charge in [-0.05, 0) is 23.6 Å². The number of benzene rings is 1. The van der Waals surface area contributed by atoms with Crippen LogP contribution in [0.25, 0.3) is 0 Å². The quantitative estimate of drug-likeness (QED) is 0.524. The maximum absolute atomic E-state index is 10.4. The molecule has 2 heteroatoms. The van der Waals surface area contributed by atoms with Gasteiger partial charge in [-0.15, -0.1) is 0 Å². The number of hydrogen-bond acceptors (Lipinski definition) is 2. The van der Waals surface area contributed by atoms with E-state index in [-0.39, 0.29) is 0 Å². The standard InChI is InChI=1S/C13H8OS/c14-9-12-4-1-11(2-5-12)3-6-13-7-8-15-10-13/h1-2,4-5,7-10H. The molecule has 0 saturated carbocycles. The molecule has 0 aliphatic heterocycles. The van der Waals surface area contributed by atoms with Crippen LogP contribution in [0.5, 0.6) is 0 Å². The van der Waals surface area contributed by atoms with Crippen molar-refractivity contribution in [3.05, 3.63) is 57.8 Å². The van der Waals surface area contributed by atoms with Crippen LogP contribution in [0.4, 0.5) is 0 Å². The van der Waals surface area contributed by atoms with E-state index in [1.54, 1.807) is 23.5 Å². The van der Waals surface area contributed by atoms with Gasteiger partial charge in [0, 0.05) is 22.1 Å². The van der Waals surface area contributed by atoms with Gasteiger partial charge in [0.2, 0.25) is 0 Å². The summed E-state index contributed by atoms with van der Waals surface area (Å²) in [6.45, 7) is 0. The summed E-state index contributed by atoms with van der Waals surface area (Å²) in [6.07, 6.45) is 0.829. The Morgan fingerprint density at radius 1 is 1.00 bits per heavy atom. The summed E-state index contributed by atoms with van der Waals surface area (Å²) < 4.78 is 0. The normalized spacial score (nSPS) is 9.07. The molecule has 0 fully saturated rings. The fourth-order valence-electron chi connectivity index (χ4n) is 1.12. The molecule has 0 aliphatic carbocycles. The van der Waals surface area contributed by atoms with Crippen LogP contribution in [0.1, 0.15) is 21.5 Å². The van der Waals surface area contributed by atoms with E-state index < -0.39 is 0 Å². The van der Waals surface area contributed by atoms with Gasteiger partial charge >= 0.3 is 0 Å². The zero-order valence-corrected chi connectivity index (χ0v) is 8.75. The Bertz CT molecular complexity index is 498. The van der Waals surface area contributed by atoms with Crippen molar-refractivity contribution in [2.75, 3.05) is 0 Å². The van der Waals surface area contributed by atoms with Crippen LogP contribution < -0.4 is 0 Å². The topological polar surface area (TPSA) is 17.1 Å². The molecule has 72 valence electrons. The molecule has 1 heterocycles. The van der Waals surface area contributed by atoms with Gasteiger partial charge in [-0.25, -0.2) is 0 Å². The first-order chi connectivity index (χ1) is 7.38. The van der Waals surface area contributed by atoms with Gasteiger partial charge in [-0.3, -0.25) is 4.79 Å². The van der Waals surface area contributed by atoms with Crippen molar-refractivity contribution in [2.24, 2.45) is 0 Å². The van der Waals surface area contributed by atoms with Crippen LogP contribution in [-0.4, -0.2) is 6.29 Å². The number of aldehydes is 1. The third-order valence-electron chi connectivity index (χ3n) is 1.92. The second kappa shape index (κ2) is 4.59. The summed E-state index contributed by atoms with van der Waals surface area (Å²) in [5.41, 5.74) is 2.63. The van der Waals surface area contributed by atoms with Gasteiger partial charge < -0.3 is 0 Å². The second-order valence-electron chi connectivity index (χ2n) is 3.00. The van der Waals surface area contributed by atoms with E-state index in [1.807, 2.05) is 29.0 Å². The predicted octanol–water partition coefficient (Wildman–Crippen LogP) is 2.96. The summed E-state index contributed by atoms with van der Waals surface area (Å²) in [5, 5.41) is 4.01. The molecule has 0 bridgehead atoms. The van der Waals surface area contributed by atoms with Crippen LogP contribution >= 0.6 is 11.3 Å². The average Bonchev–Trinajstić information content (AvgIpc) is 2.80. The molecular weight excluding hydrogens is 204 g/mol. The second-order valence-corrected chi connectivity index (χ2v) is 3.78. The minimum atomic E-state index is 0.677. The molecule has 15 heavy (non-hydrogen) atoms. The summed E-state index contributed by atoms with van der Waals surface area (Å²) in [5.74, 6) is 6.09. The van der Waals surface area contributed by atoms with Crippen molar-refractivity contribution in [3.63, 3.8) is 0 Å². The van der Waals surface area contributed by atoms with E-state index in [0.29, 0.717) is 5.56 Å². The minimum Gasteiger partial charge on any atom is -0.298 e. The Balaban J connectivity index is 2.21. The van der Waals surface area contributed by atoms with Crippen LogP contribution in [-0.2, 0) is 0 Å². The van der Waals surface area contributed by atoms with Gasteiger partial charge in [0.15, 0.2) is 0 Å². The summed E-state index contributed by atoms with van der Waals surface area (Å²) >= 11 is 1.63. The lowest BCUT2D eigenvalue weighted by Gasteiger charge is -1.90. The molecule has 0 atom stereocenters. The van der Waals surface area contributed by atoms with E-state index in [4.69, 9.17) is 0 Å². The van der Waals surface area contributed by atoms with Crippen molar-refractivity contribution < 1.29 is 4.79 Å². The first-order valence-electron chi connectivity index (χ1n) is 4.48. The Morgan fingerprint density at radius 2 is 1.73 bits per heavy atom. The molecule has 1 aromatic heterocycles. The van der Waals surface area contributed by atoms with Gasteiger partial charge in [0.25, 0.3) is 0 Å². The fourth-order valence-corrected chi connectivity index (χ4v) is 1.71. The molecule has 1 nitrogen and oxygen atoms in total. The third-order valence-corrected chi connectivity index (χ3v) is 2.60. The highest BCUT2D eigenvalue weighted by atomic mass is 32.1. The van der Waals surface area contributed by atoms with Gasteiger partial charge in [-0.1, -0.05) is 24.0 Å². The van der Waals surface area contributed by atoms with Crippen LogP contribution in [0, 0.1) is 11.8 Å². The molecule has 0 N–H and O–H groups in total. The van der Waals surface area contributed by atoms with E-state index in [2.05, 4.69) is 11.8 Å². The molecule has 1 aromatic carbocycles. The van der Waals surface area contributed by atoms with E-state index in [0.717, 1.165) is 17.4 Å². The van der Waals surface area contributed by atoms with Crippen LogP contribution in [0.15, 0.2) is 41.1 Å². The van der Waals surface area contributed by atoms with Gasteiger partial charge in [0.05, 0.1) is 0 Å². The first-order valence-corrected chi connectivity index (χ1v) is 5.42. The zero-order chi connectivity index (χ0) is 10.5. The monoisotopic (exact) mass is 212 g/mol. The Kier molecular flexibility index (Phi) is 2.96. The third kappa shape index (κ3) is 2.55. The predicted molar refractivity (Wildman–Crippen MR) is 62.1 cm³/mol. The Labute approximate surface area is 92.4 Å². The molecule has 0 amide bonds. The summed E-state index contributed by atoms with van der Waals surface area (Å²) in [4.78, 5) is 10.4. The van der Waals surface area contributed by atoms with Crippen LogP contribution in [0.2, 0.25) is 0 Å². The van der Waals surface area contributed by atoms with Crippen molar-refractivity contribution in [1.29, 1.82) is 0 Å². The highest BCUT2D eigenvalue weighted by Crippen LogP contribution is 2.05. The smallest absolute Gasteiger partial charge is 0.150 e. The number of rotatable bonds is 1. The highest BCUT2D eigenvalue weighted by Gasteiger charge is 1.89. The molecule has 2 rings (SSSR count). The first kappa shape index (κ1) is 9.70. The van der Waals surface area contributed by atoms with E-state index in [9.17, 15) is 4.79 Å². The fraction of sp³-hybridized carbons (Fsp3) is 0. The summed E-state index contributed by atoms with van der Waals surface area (Å²) in [7, 11) is 0. The Morgan fingerprint density at radius 3 is 2.33 bits per heavy atom. The zero-order valence-electron chi connectivity index (χ0n) is 7.94. The lowest BCUT2D eigenvalue weighted by Crippen LogP contribution is -1.79. The van der Waals surface area contributed by atoms with Crippen molar-refractivity contribution in [2.45, 2.75) is 0 Å². The number of thiophene rings is 1. The van der Waals surface area contributed by atoms with Gasteiger partial charge in [-0.2, -0.15) is 11.3 Å². The summed E-state index contributed by atoms with van der Waals surface area (Å²) in [6, 6.07) is 9.22. The van der Waals surface area contributed by atoms with Crippen LogP contribution in [0.3, 0.4) is 0 Å². The lowest BCUT2D eigenvalue weighted by atomic mass is 10.1. The van der Waals surface area contributed by atoms with Crippen molar-refractivity contribution in [1.82, 2.24) is 0 Å². The molecule has 2 aromatic rings. The minimum absolute atomic E-state index is 0.677. The Hall–Kier alpha value is -1.85. The number of hydrogen-bond donors (Lipinski definition) is 0. The SMILES string of the molecule is O=Cc1ccc(C#Cc2ccsc2)cc1. The number of carbonyl (C=O) groups is 1. The molecule has 0 unspecified atom stereocenters. The maximum Gasteiger partial charge on any atom is 0.150 e. The van der Waals surface area contributed by atoms with Crippen molar-refractivity contribution >= 4 is 17.6 Å². The molecule has 0 aliphatic rings. The molecule has 0 saturated heterocycles. The molecule has 0 spiro atoms. The van der Waals surface area contributed by atoms with E-state index in [1.165, 1.54) is 0 Å². The average molecular weight is 212 g/mol. The van der Waals surface area contributed by atoms with Crippen molar-refractivity contribution in [3.8, 4) is 11.8 Å². The van der Waals surface area contributed by atoms with Gasteiger partial charge in [0.1, 0.15) is 6.29 Å².